The zero-order valence-electron chi connectivity index (χ0n) is 8.63. The Balaban J connectivity index is 2.73. The van der Waals surface area contributed by atoms with Crippen LogP contribution in [0.5, 0.6) is 0 Å². The third-order valence-corrected chi connectivity index (χ3v) is 1.92. The number of halogens is 1. The zero-order chi connectivity index (χ0) is 12.1. The van der Waals surface area contributed by atoms with Gasteiger partial charge in [-0.25, -0.2) is 9.78 Å². The molecule has 2 N–H and O–H groups in total. The number of ether oxygens (including phenoxy) is 1. The van der Waals surface area contributed by atoms with Crippen LogP contribution in [0.3, 0.4) is 0 Å². The van der Waals surface area contributed by atoms with Crippen LogP contribution in [0.1, 0.15) is 18.6 Å². The summed E-state index contributed by atoms with van der Waals surface area (Å²) in [7, 11) is 0. The maximum Gasteiger partial charge on any atom is 0.338 e. The standard InChI is InChI=1S/C10H12FNO4/c1-2-16-10(15)9(14)8(13)6-3-4-7(11)12-5-6/h3-5,8-9,13-14H,2H2,1H3. The predicted molar refractivity (Wildman–Crippen MR) is 51.8 cm³/mol. The van der Waals surface area contributed by atoms with Crippen molar-refractivity contribution in [3.8, 4) is 0 Å². The second-order valence-electron chi connectivity index (χ2n) is 3.06. The molecule has 16 heavy (non-hydrogen) atoms. The molecular weight excluding hydrogens is 217 g/mol. The number of aliphatic hydroxyl groups excluding tert-OH is 2. The van der Waals surface area contributed by atoms with Gasteiger partial charge in [-0.15, -0.1) is 0 Å². The Kier molecular flexibility index (Phi) is 4.33. The molecule has 0 saturated heterocycles. The molecule has 0 amide bonds. The lowest BCUT2D eigenvalue weighted by Crippen LogP contribution is -2.29. The molecule has 1 heterocycles. The summed E-state index contributed by atoms with van der Waals surface area (Å²) >= 11 is 0. The number of hydrogen-bond donors (Lipinski definition) is 2. The summed E-state index contributed by atoms with van der Waals surface area (Å²) < 4.78 is 17.0. The van der Waals surface area contributed by atoms with Crippen molar-refractivity contribution >= 4 is 5.97 Å². The van der Waals surface area contributed by atoms with Crippen LogP contribution >= 0.6 is 0 Å². The number of carbonyl (C=O) groups is 1. The number of nitrogens with zero attached hydrogens (tertiary/aromatic N) is 1. The summed E-state index contributed by atoms with van der Waals surface area (Å²) in [4.78, 5) is 14.4. The summed E-state index contributed by atoms with van der Waals surface area (Å²) in [6.07, 6.45) is -2.14. The van der Waals surface area contributed by atoms with Crippen molar-refractivity contribution in [1.82, 2.24) is 4.98 Å². The molecule has 0 aliphatic carbocycles. The maximum atomic E-state index is 12.5. The molecule has 1 aromatic heterocycles. The van der Waals surface area contributed by atoms with Crippen molar-refractivity contribution in [2.45, 2.75) is 19.1 Å². The molecule has 0 aliphatic rings. The molecule has 0 aromatic carbocycles. The lowest BCUT2D eigenvalue weighted by atomic mass is 10.1. The molecule has 0 fully saturated rings. The number of rotatable bonds is 4. The molecule has 2 unspecified atom stereocenters. The van der Waals surface area contributed by atoms with E-state index in [0.29, 0.717) is 0 Å². The van der Waals surface area contributed by atoms with E-state index in [4.69, 9.17) is 0 Å². The Labute approximate surface area is 91.5 Å². The third-order valence-electron chi connectivity index (χ3n) is 1.92. The SMILES string of the molecule is CCOC(=O)C(O)C(O)c1ccc(F)nc1. The van der Waals surface area contributed by atoms with Crippen LogP contribution in [0.25, 0.3) is 0 Å². The molecule has 2 atom stereocenters. The van der Waals surface area contributed by atoms with Gasteiger partial charge < -0.3 is 14.9 Å². The van der Waals surface area contributed by atoms with Crippen LogP contribution in [0.4, 0.5) is 4.39 Å². The highest BCUT2D eigenvalue weighted by molar-refractivity contribution is 5.75. The second kappa shape index (κ2) is 5.53. The maximum absolute atomic E-state index is 12.5. The first-order valence-electron chi connectivity index (χ1n) is 4.70. The Morgan fingerprint density at radius 1 is 1.56 bits per heavy atom. The number of aliphatic hydroxyl groups is 2. The largest absolute Gasteiger partial charge is 0.464 e. The van der Waals surface area contributed by atoms with Crippen molar-refractivity contribution in [3.63, 3.8) is 0 Å². The van der Waals surface area contributed by atoms with E-state index in [1.165, 1.54) is 6.07 Å². The lowest BCUT2D eigenvalue weighted by molar-refractivity contribution is -0.159. The number of pyridine rings is 1. The summed E-state index contributed by atoms with van der Waals surface area (Å²) in [5, 5.41) is 19.0. The molecule has 0 aliphatic heterocycles. The fraction of sp³-hybridized carbons (Fsp3) is 0.400. The molecule has 1 aromatic rings. The van der Waals surface area contributed by atoms with Gasteiger partial charge in [-0.2, -0.15) is 4.39 Å². The lowest BCUT2D eigenvalue weighted by Gasteiger charge is -2.16. The number of carbonyl (C=O) groups excluding carboxylic acids is 1. The topological polar surface area (TPSA) is 79.7 Å². The van der Waals surface area contributed by atoms with E-state index in [9.17, 15) is 19.4 Å². The summed E-state index contributed by atoms with van der Waals surface area (Å²) in [5.74, 6) is -1.64. The van der Waals surface area contributed by atoms with Crippen molar-refractivity contribution in [3.05, 3.63) is 29.8 Å². The normalized spacial score (nSPS) is 14.2. The van der Waals surface area contributed by atoms with Gasteiger partial charge in [-0.1, -0.05) is 6.07 Å². The molecule has 88 valence electrons. The smallest absolute Gasteiger partial charge is 0.338 e. The van der Waals surface area contributed by atoms with E-state index in [1.807, 2.05) is 0 Å². The Hall–Kier alpha value is -1.53. The van der Waals surface area contributed by atoms with Crippen LogP contribution in [-0.4, -0.2) is 33.9 Å². The molecular formula is C10H12FNO4. The monoisotopic (exact) mass is 229 g/mol. The van der Waals surface area contributed by atoms with Crippen molar-refractivity contribution in [1.29, 1.82) is 0 Å². The van der Waals surface area contributed by atoms with Crippen LogP contribution in [0, 0.1) is 5.95 Å². The molecule has 0 bridgehead atoms. The van der Waals surface area contributed by atoms with E-state index in [1.54, 1.807) is 6.92 Å². The molecule has 0 saturated carbocycles. The van der Waals surface area contributed by atoms with Gasteiger partial charge in [0.05, 0.1) is 6.61 Å². The average molecular weight is 229 g/mol. The minimum absolute atomic E-state index is 0.101. The van der Waals surface area contributed by atoms with E-state index in [-0.39, 0.29) is 12.2 Å². The summed E-state index contributed by atoms with van der Waals surface area (Å²) in [5.41, 5.74) is 0.141. The molecule has 6 heteroatoms. The highest BCUT2D eigenvalue weighted by atomic mass is 19.1. The number of aromatic nitrogens is 1. The molecule has 0 spiro atoms. The Morgan fingerprint density at radius 2 is 2.25 bits per heavy atom. The van der Waals surface area contributed by atoms with Crippen LogP contribution in [0.15, 0.2) is 18.3 Å². The average Bonchev–Trinajstić information content (AvgIpc) is 2.28. The molecule has 5 nitrogen and oxygen atoms in total. The van der Waals surface area contributed by atoms with Crippen molar-refractivity contribution in [2.24, 2.45) is 0 Å². The van der Waals surface area contributed by atoms with Gasteiger partial charge in [-0.3, -0.25) is 0 Å². The summed E-state index contributed by atoms with van der Waals surface area (Å²) in [6, 6.07) is 2.26. The van der Waals surface area contributed by atoms with E-state index in [2.05, 4.69) is 9.72 Å². The second-order valence-corrected chi connectivity index (χ2v) is 3.06. The third kappa shape index (κ3) is 2.98. The quantitative estimate of drug-likeness (QED) is 0.568. The van der Waals surface area contributed by atoms with E-state index < -0.39 is 24.1 Å². The van der Waals surface area contributed by atoms with Gasteiger partial charge in [0, 0.05) is 11.8 Å². The van der Waals surface area contributed by atoms with E-state index in [0.717, 1.165) is 12.3 Å². The predicted octanol–water partition coefficient (Wildman–Crippen LogP) is 0.178. The summed E-state index contributed by atoms with van der Waals surface area (Å²) in [6.45, 7) is 1.68. The van der Waals surface area contributed by atoms with Crippen molar-refractivity contribution in [2.75, 3.05) is 6.61 Å². The number of hydrogen-bond acceptors (Lipinski definition) is 5. The van der Waals surface area contributed by atoms with Crippen LogP contribution in [-0.2, 0) is 9.53 Å². The fourth-order valence-corrected chi connectivity index (χ4v) is 1.10. The van der Waals surface area contributed by atoms with Gasteiger partial charge in [0.2, 0.25) is 5.95 Å². The van der Waals surface area contributed by atoms with Gasteiger partial charge in [0.1, 0.15) is 6.10 Å². The first-order chi connectivity index (χ1) is 7.56. The zero-order valence-corrected chi connectivity index (χ0v) is 8.63. The van der Waals surface area contributed by atoms with E-state index >= 15 is 0 Å². The molecule has 0 radical (unpaired) electrons. The van der Waals surface area contributed by atoms with Gasteiger partial charge >= 0.3 is 5.97 Å². The minimum atomic E-state index is -1.70. The first-order valence-corrected chi connectivity index (χ1v) is 4.70. The fourth-order valence-electron chi connectivity index (χ4n) is 1.10. The molecule has 1 rings (SSSR count). The van der Waals surface area contributed by atoms with Crippen LogP contribution < -0.4 is 0 Å². The van der Waals surface area contributed by atoms with Gasteiger partial charge in [0.25, 0.3) is 0 Å². The Bertz CT molecular complexity index is 354. The highest BCUT2D eigenvalue weighted by Crippen LogP contribution is 2.16. The number of esters is 1. The Morgan fingerprint density at radius 3 is 2.75 bits per heavy atom. The highest BCUT2D eigenvalue weighted by Gasteiger charge is 2.27. The van der Waals surface area contributed by atoms with Crippen LogP contribution in [0.2, 0.25) is 0 Å². The van der Waals surface area contributed by atoms with Gasteiger partial charge in [0.15, 0.2) is 6.10 Å². The minimum Gasteiger partial charge on any atom is -0.464 e. The first kappa shape index (κ1) is 12.5. The van der Waals surface area contributed by atoms with Crippen molar-refractivity contribution < 1.29 is 24.1 Å². The van der Waals surface area contributed by atoms with Gasteiger partial charge in [-0.05, 0) is 13.0 Å².